The Bertz CT molecular complexity index is 796. The van der Waals surface area contributed by atoms with E-state index in [2.05, 4.69) is 5.32 Å². The van der Waals surface area contributed by atoms with Gasteiger partial charge < -0.3 is 15.0 Å². The smallest absolute Gasteiger partial charge is 0.260 e. The lowest BCUT2D eigenvalue weighted by Gasteiger charge is -2.18. The molecule has 0 unspecified atom stereocenters. The van der Waals surface area contributed by atoms with Gasteiger partial charge in [-0.1, -0.05) is 25.1 Å². The Morgan fingerprint density at radius 3 is 2.58 bits per heavy atom. The number of nitrogens with one attached hydrogen (secondary N) is 1. The van der Waals surface area contributed by atoms with Gasteiger partial charge in [-0.05, 0) is 30.2 Å². The van der Waals surface area contributed by atoms with Crippen molar-refractivity contribution < 1.29 is 23.1 Å². The second kappa shape index (κ2) is 8.94. The first-order chi connectivity index (χ1) is 12.4. The van der Waals surface area contributed by atoms with Crippen LogP contribution in [-0.4, -0.2) is 36.9 Å². The lowest BCUT2D eigenvalue weighted by atomic mass is 10.1. The van der Waals surface area contributed by atoms with Crippen LogP contribution in [-0.2, 0) is 16.0 Å². The molecule has 0 atom stereocenters. The highest BCUT2D eigenvalue weighted by Crippen LogP contribution is 2.18. The number of benzene rings is 2. The molecule has 0 fully saturated rings. The lowest BCUT2D eigenvalue weighted by molar-refractivity contribution is -0.135. The lowest BCUT2D eigenvalue weighted by Crippen LogP contribution is -2.37. The van der Waals surface area contributed by atoms with Crippen molar-refractivity contribution in [2.45, 2.75) is 13.3 Å². The standard InChI is InChI=1S/C19H20F2N2O3/c1-3-13-6-4-5-7-16(13)22-18(24)11-23(2)19(25)12-26-17-9-8-14(20)10-15(17)21/h4-10H,3,11-12H2,1-2H3,(H,22,24). The van der Waals surface area contributed by atoms with Crippen molar-refractivity contribution in [1.82, 2.24) is 4.90 Å². The van der Waals surface area contributed by atoms with Crippen LogP contribution in [0.2, 0.25) is 0 Å². The number of halogens is 2. The summed E-state index contributed by atoms with van der Waals surface area (Å²) in [5.74, 6) is -2.71. The highest BCUT2D eigenvalue weighted by molar-refractivity contribution is 5.95. The molecule has 1 N–H and O–H groups in total. The van der Waals surface area contributed by atoms with Gasteiger partial charge in [0.1, 0.15) is 5.82 Å². The van der Waals surface area contributed by atoms with Crippen molar-refractivity contribution in [2.75, 3.05) is 25.5 Å². The van der Waals surface area contributed by atoms with Gasteiger partial charge in [0.05, 0.1) is 6.54 Å². The van der Waals surface area contributed by atoms with Gasteiger partial charge in [-0.3, -0.25) is 9.59 Å². The molecule has 0 bridgehead atoms. The number of hydrogen-bond donors (Lipinski definition) is 1. The van der Waals surface area contributed by atoms with Crippen molar-refractivity contribution in [2.24, 2.45) is 0 Å². The fourth-order valence-electron chi connectivity index (χ4n) is 2.29. The summed E-state index contributed by atoms with van der Waals surface area (Å²) in [7, 11) is 1.44. The van der Waals surface area contributed by atoms with E-state index in [1.54, 1.807) is 6.07 Å². The number of rotatable bonds is 7. The van der Waals surface area contributed by atoms with Crippen LogP contribution >= 0.6 is 0 Å². The normalized spacial score (nSPS) is 10.3. The Balaban J connectivity index is 1.87. The summed E-state index contributed by atoms with van der Waals surface area (Å²) in [5, 5.41) is 2.76. The average Bonchev–Trinajstić information content (AvgIpc) is 2.61. The molecule has 7 heteroatoms. The molecule has 138 valence electrons. The number of anilines is 1. The van der Waals surface area contributed by atoms with Gasteiger partial charge in [-0.25, -0.2) is 8.78 Å². The Morgan fingerprint density at radius 1 is 1.15 bits per heavy atom. The molecule has 2 aromatic carbocycles. The number of aryl methyl sites for hydroxylation is 1. The number of carbonyl (C=O) groups is 2. The van der Waals surface area contributed by atoms with Gasteiger partial charge in [-0.2, -0.15) is 0 Å². The first-order valence-corrected chi connectivity index (χ1v) is 8.10. The number of amides is 2. The monoisotopic (exact) mass is 362 g/mol. The number of para-hydroxylation sites is 1. The summed E-state index contributed by atoms with van der Waals surface area (Å²) in [5.41, 5.74) is 1.69. The summed E-state index contributed by atoms with van der Waals surface area (Å²) in [6, 6.07) is 10.2. The molecule has 0 spiro atoms. The van der Waals surface area contributed by atoms with Crippen LogP contribution in [0.3, 0.4) is 0 Å². The van der Waals surface area contributed by atoms with Crippen LogP contribution < -0.4 is 10.1 Å². The quantitative estimate of drug-likeness (QED) is 0.824. The molecule has 5 nitrogen and oxygen atoms in total. The van der Waals surface area contributed by atoms with Crippen LogP contribution in [0.4, 0.5) is 14.5 Å². The molecule has 0 saturated heterocycles. The van der Waals surface area contributed by atoms with E-state index in [1.165, 1.54) is 11.9 Å². The van der Waals surface area contributed by atoms with Crippen LogP contribution in [0.15, 0.2) is 42.5 Å². The van der Waals surface area contributed by atoms with E-state index in [0.717, 1.165) is 24.1 Å². The van der Waals surface area contributed by atoms with Crippen LogP contribution in [0, 0.1) is 11.6 Å². The van der Waals surface area contributed by atoms with Gasteiger partial charge in [-0.15, -0.1) is 0 Å². The van der Waals surface area contributed by atoms with Crippen LogP contribution in [0.25, 0.3) is 0 Å². The maximum Gasteiger partial charge on any atom is 0.260 e. The zero-order chi connectivity index (χ0) is 19.1. The molecule has 0 saturated carbocycles. The number of carbonyl (C=O) groups excluding carboxylic acids is 2. The number of nitrogens with zero attached hydrogens (tertiary/aromatic N) is 1. The first-order valence-electron chi connectivity index (χ1n) is 8.10. The van der Waals surface area contributed by atoms with Crippen molar-refractivity contribution in [3.05, 3.63) is 59.7 Å². The molecular formula is C19H20F2N2O3. The van der Waals surface area contributed by atoms with Crippen molar-refractivity contribution in [1.29, 1.82) is 0 Å². The molecule has 0 radical (unpaired) electrons. The van der Waals surface area contributed by atoms with Crippen LogP contribution in [0.5, 0.6) is 5.75 Å². The maximum atomic E-state index is 13.5. The number of ether oxygens (including phenoxy) is 1. The van der Waals surface area contributed by atoms with E-state index in [0.29, 0.717) is 11.8 Å². The maximum absolute atomic E-state index is 13.5. The minimum Gasteiger partial charge on any atom is -0.481 e. The summed E-state index contributed by atoms with van der Waals surface area (Å²) in [6.07, 6.45) is 0.766. The SMILES string of the molecule is CCc1ccccc1NC(=O)CN(C)C(=O)COc1ccc(F)cc1F. The third-order valence-electron chi connectivity index (χ3n) is 3.72. The van der Waals surface area contributed by atoms with E-state index >= 15 is 0 Å². The summed E-state index contributed by atoms with van der Waals surface area (Å²) < 4.78 is 31.4. The van der Waals surface area contributed by atoms with Crippen molar-refractivity contribution >= 4 is 17.5 Å². The minimum atomic E-state index is -0.894. The number of likely N-dealkylation sites (N-methyl/N-ethyl adjacent to an activating group) is 1. The minimum absolute atomic E-state index is 0.174. The molecule has 0 aliphatic heterocycles. The summed E-state index contributed by atoms with van der Waals surface area (Å²) in [4.78, 5) is 25.3. The molecule has 0 heterocycles. The van der Waals surface area contributed by atoms with Gasteiger partial charge in [0.2, 0.25) is 5.91 Å². The molecule has 0 aliphatic carbocycles. The van der Waals surface area contributed by atoms with Gasteiger partial charge >= 0.3 is 0 Å². The Labute approximate surface area is 150 Å². The average molecular weight is 362 g/mol. The number of hydrogen-bond acceptors (Lipinski definition) is 3. The molecular weight excluding hydrogens is 342 g/mol. The topological polar surface area (TPSA) is 58.6 Å². The Kier molecular flexibility index (Phi) is 6.66. The van der Waals surface area contributed by atoms with E-state index in [1.807, 2.05) is 25.1 Å². The molecule has 2 aromatic rings. The zero-order valence-corrected chi connectivity index (χ0v) is 14.6. The van der Waals surface area contributed by atoms with Crippen LogP contribution in [0.1, 0.15) is 12.5 Å². The van der Waals surface area contributed by atoms with E-state index in [4.69, 9.17) is 4.74 Å². The third-order valence-corrected chi connectivity index (χ3v) is 3.72. The molecule has 0 aromatic heterocycles. The predicted molar refractivity (Wildman–Crippen MR) is 93.9 cm³/mol. The Hall–Kier alpha value is -2.96. The third kappa shape index (κ3) is 5.27. The second-order valence-electron chi connectivity index (χ2n) is 5.67. The zero-order valence-electron chi connectivity index (χ0n) is 14.6. The van der Waals surface area contributed by atoms with Gasteiger partial charge in [0.25, 0.3) is 5.91 Å². The van der Waals surface area contributed by atoms with Gasteiger partial charge in [0, 0.05) is 18.8 Å². The molecule has 0 aliphatic rings. The summed E-state index contributed by atoms with van der Waals surface area (Å²) >= 11 is 0. The highest BCUT2D eigenvalue weighted by atomic mass is 19.1. The van der Waals surface area contributed by atoms with E-state index in [-0.39, 0.29) is 18.2 Å². The van der Waals surface area contributed by atoms with E-state index < -0.39 is 24.1 Å². The fraction of sp³-hybridized carbons (Fsp3) is 0.263. The molecule has 2 rings (SSSR count). The van der Waals surface area contributed by atoms with Crippen molar-refractivity contribution in [3.8, 4) is 5.75 Å². The van der Waals surface area contributed by atoms with E-state index in [9.17, 15) is 18.4 Å². The highest BCUT2D eigenvalue weighted by Gasteiger charge is 2.15. The Morgan fingerprint density at radius 2 is 1.88 bits per heavy atom. The largest absolute Gasteiger partial charge is 0.481 e. The molecule has 2 amide bonds. The molecule has 26 heavy (non-hydrogen) atoms. The fourth-order valence-corrected chi connectivity index (χ4v) is 2.29. The van der Waals surface area contributed by atoms with Crippen molar-refractivity contribution in [3.63, 3.8) is 0 Å². The first kappa shape index (κ1) is 19.4. The van der Waals surface area contributed by atoms with Gasteiger partial charge in [0.15, 0.2) is 18.2 Å². The summed E-state index contributed by atoms with van der Waals surface area (Å²) in [6.45, 7) is 1.34. The second-order valence-corrected chi connectivity index (χ2v) is 5.67. The predicted octanol–water partition coefficient (Wildman–Crippen LogP) is 3.00.